The van der Waals surface area contributed by atoms with Gasteiger partial charge in [0.1, 0.15) is 12.4 Å². The van der Waals surface area contributed by atoms with E-state index in [1.54, 1.807) is 0 Å². The zero-order chi connectivity index (χ0) is 13.9. The van der Waals surface area contributed by atoms with Crippen LogP contribution in [0.2, 0.25) is 0 Å². The molecule has 3 rings (SSSR count). The van der Waals surface area contributed by atoms with Gasteiger partial charge in [-0.2, -0.15) is 0 Å². The third-order valence-electron chi connectivity index (χ3n) is 3.78. The maximum atomic E-state index is 5.83. The van der Waals surface area contributed by atoms with Crippen molar-refractivity contribution >= 4 is 10.8 Å². The average molecular weight is 270 g/mol. The summed E-state index contributed by atoms with van der Waals surface area (Å²) in [6.07, 6.45) is 2.60. The van der Waals surface area contributed by atoms with Crippen LogP contribution in [0.15, 0.2) is 36.4 Å². The van der Waals surface area contributed by atoms with Crippen molar-refractivity contribution in [3.05, 3.63) is 42.0 Å². The molecule has 2 aromatic rings. The molecule has 1 aliphatic carbocycles. The zero-order valence-electron chi connectivity index (χ0n) is 11.9. The highest BCUT2D eigenvalue weighted by atomic mass is 16.5. The van der Waals surface area contributed by atoms with Crippen molar-refractivity contribution in [3.63, 3.8) is 0 Å². The second kappa shape index (κ2) is 5.81. The first-order valence-electron chi connectivity index (χ1n) is 7.39. The lowest BCUT2D eigenvalue weighted by molar-refractivity contribution is 0.331. The van der Waals surface area contributed by atoms with E-state index >= 15 is 0 Å². The van der Waals surface area contributed by atoms with E-state index in [-0.39, 0.29) is 0 Å². The molecule has 2 aromatic carbocycles. The highest BCUT2D eigenvalue weighted by Gasteiger charge is 2.23. The van der Waals surface area contributed by atoms with Gasteiger partial charge in [0.15, 0.2) is 0 Å². The lowest BCUT2D eigenvalue weighted by Crippen LogP contribution is -2.20. The number of nitrogens with two attached hydrogens (primary N) is 1. The Hall–Kier alpha value is -1.58. The quantitative estimate of drug-likeness (QED) is 0.848. The summed E-state index contributed by atoms with van der Waals surface area (Å²) in [5, 5.41) is 6.02. The number of fused-ring (bicyclic) bond motifs is 1. The Bertz CT molecular complexity index is 593. The Balaban J connectivity index is 1.95. The van der Waals surface area contributed by atoms with Gasteiger partial charge in [-0.1, -0.05) is 24.3 Å². The third-order valence-corrected chi connectivity index (χ3v) is 3.78. The molecule has 0 heterocycles. The Morgan fingerprint density at radius 1 is 1.30 bits per heavy atom. The molecule has 0 saturated heterocycles. The fraction of sp³-hybridized carbons (Fsp3) is 0.412. The topological polar surface area (TPSA) is 47.3 Å². The minimum absolute atomic E-state index is 0.354. The van der Waals surface area contributed by atoms with Crippen LogP contribution in [0.25, 0.3) is 10.8 Å². The summed E-state index contributed by atoms with van der Waals surface area (Å²) >= 11 is 0. The molecule has 1 fully saturated rings. The van der Waals surface area contributed by atoms with Crippen molar-refractivity contribution in [1.82, 2.24) is 5.32 Å². The van der Waals surface area contributed by atoms with Crippen LogP contribution in [0.4, 0.5) is 0 Å². The van der Waals surface area contributed by atoms with Crippen molar-refractivity contribution in [1.29, 1.82) is 0 Å². The summed E-state index contributed by atoms with van der Waals surface area (Å²) in [6, 6.07) is 13.8. The SMILES string of the molecule is CC(NC1CC1)c1cc(OCCN)c2ccccc2c1. The standard InChI is InChI=1S/C17H22N2O/c1-12(19-15-6-7-15)14-10-13-4-2-3-5-16(13)17(11-14)20-9-8-18/h2-5,10-12,15,19H,6-9,18H2,1H3. The van der Waals surface area contributed by atoms with E-state index in [9.17, 15) is 0 Å². The molecule has 0 aromatic heterocycles. The molecule has 106 valence electrons. The summed E-state index contributed by atoms with van der Waals surface area (Å²) in [5.74, 6) is 0.938. The monoisotopic (exact) mass is 270 g/mol. The van der Waals surface area contributed by atoms with Crippen molar-refractivity contribution in [2.24, 2.45) is 5.73 Å². The van der Waals surface area contributed by atoms with E-state index < -0.39 is 0 Å². The first kappa shape index (κ1) is 13.4. The van der Waals surface area contributed by atoms with Gasteiger partial charge in [-0.15, -0.1) is 0 Å². The Morgan fingerprint density at radius 3 is 2.85 bits per heavy atom. The van der Waals surface area contributed by atoms with Crippen LogP contribution < -0.4 is 15.8 Å². The van der Waals surface area contributed by atoms with Gasteiger partial charge in [0.2, 0.25) is 0 Å². The largest absolute Gasteiger partial charge is 0.492 e. The fourth-order valence-corrected chi connectivity index (χ4v) is 2.54. The van der Waals surface area contributed by atoms with E-state index in [1.807, 2.05) is 6.07 Å². The Kier molecular flexibility index (Phi) is 3.90. The summed E-state index contributed by atoms with van der Waals surface area (Å²) in [6.45, 7) is 3.31. The molecule has 20 heavy (non-hydrogen) atoms. The van der Waals surface area contributed by atoms with Crippen molar-refractivity contribution in [3.8, 4) is 5.75 Å². The minimum Gasteiger partial charge on any atom is -0.492 e. The molecule has 3 N–H and O–H groups in total. The van der Waals surface area contributed by atoms with Crippen molar-refractivity contribution < 1.29 is 4.74 Å². The molecule has 1 unspecified atom stereocenters. The molecule has 0 bridgehead atoms. The smallest absolute Gasteiger partial charge is 0.127 e. The van der Waals surface area contributed by atoms with Crippen LogP contribution >= 0.6 is 0 Å². The predicted octanol–water partition coefficient (Wildman–Crippen LogP) is 2.99. The van der Waals surface area contributed by atoms with Gasteiger partial charge in [0.25, 0.3) is 0 Å². The highest BCUT2D eigenvalue weighted by molar-refractivity contribution is 5.89. The summed E-state index contributed by atoms with van der Waals surface area (Å²) in [4.78, 5) is 0. The van der Waals surface area contributed by atoms with Crippen LogP contribution in [-0.2, 0) is 0 Å². The fourth-order valence-electron chi connectivity index (χ4n) is 2.54. The van der Waals surface area contributed by atoms with Crippen LogP contribution in [0.5, 0.6) is 5.75 Å². The number of hydrogen-bond acceptors (Lipinski definition) is 3. The number of hydrogen-bond donors (Lipinski definition) is 2. The zero-order valence-corrected chi connectivity index (χ0v) is 11.9. The van der Waals surface area contributed by atoms with E-state index in [1.165, 1.54) is 23.8 Å². The van der Waals surface area contributed by atoms with E-state index in [2.05, 4.69) is 42.6 Å². The lowest BCUT2D eigenvalue weighted by atomic mass is 10.0. The molecule has 1 aliphatic rings. The van der Waals surface area contributed by atoms with Crippen molar-refractivity contribution in [2.45, 2.75) is 31.8 Å². The molecule has 1 saturated carbocycles. The van der Waals surface area contributed by atoms with Crippen LogP contribution in [0, 0.1) is 0 Å². The second-order valence-electron chi connectivity index (χ2n) is 5.54. The maximum absolute atomic E-state index is 5.83. The summed E-state index contributed by atoms with van der Waals surface area (Å²) in [7, 11) is 0. The van der Waals surface area contributed by atoms with E-state index in [0.29, 0.717) is 25.2 Å². The van der Waals surface area contributed by atoms with Gasteiger partial charge >= 0.3 is 0 Å². The summed E-state index contributed by atoms with van der Waals surface area (Å²) < 4.78 is 5.83. The van der Waals surface area contributed by atoms with Crippen molar-refractivity contribution in [2.75, 3.05) is 13.2 Å². The number of rotatable bonds is 6. The third kappa shape index (κ3) is 2.94. The molecular formula is C17H22N2O. The Morgan fingerprint density at radius 2 is 2.10 bits per heavy atom. The molecule has 0 spiro atoms. The van der Waals surface area contributed by atoms with Gasteiger partial charge in [0.05, 0.1) is 0 Å². The molecule has 1 atom stereocenters. The van der Waals surface area contributed by atoms with Crippen LogP contribution in [-0.4, -0.2) is 19.2 Å². The van der Waals surface area contributed by atoms with Gasteiger partial charge < -0.3 is 15.8 Å². The average Bonchev–Trinajstić information content (AvgIpc) is 3.28. The Labute approximate surface area is 120 Å². The first-order chi connectivity index (χ1) is 9.78. The van der Waals surface area contributed by atoms with Gasteiger partial charge in [-0.05, 0) is 42.8 Å². The summed E-state index contributed by atoms with van der Waals surface area (Å²) in [5.41, 5.74) is 6.84. The van der Waals surface area contributed by atoms with E-state index in [0.717, 1.165) is 11.1 Å². The normalized spacial score (nSPS) is 16.3. The van der Waals surface area contributed by atoms with Crippen LogP contribution in [0.1, 0.15) is 31.4 Å². The highest BCUT2D eigenvalue weighted by Crippen LogP contribution is 2.31. The maximum Gasteiger partial charge on any atom is 0.127 e. The molecule has 0 amide bonds. The molecular weight excluding hydrogens is 248 g/mol. The van der Waals surface area contributed by atoms with Gasteiger partial charge in [-0.3, -0.25) is 0 Å². The first-order valence-corrected chi connectivity index (χ1v) is 7.39. The van der Waals surface area contributed by atoms with Gasteiger partial charge in [0, 0.05) is 24.0 Å². The van der Waals surface area contributed by atoms with Gasteiger partial charge in [-0.25, -0.2) is 0 Å². The molecule has 0 radical (unpaired) electrons. The molecule has 0 aliphatic heterocycles. The van der Waals surface area contributed by atoms with Crippen LogP contribution in [0.3, 0.4) is 0 Å². The predicted molar refractivity (Wildman–Crippen MR) is 83.1 cm³/mol. The minimum atomic E-state index is 0.354. The van der Waals surface area contributed by atoms with E-state index in [4.69, 9.17) is 10.5 Å². The second-order valence-corrected chi connectivity index (χ2v) is 5.54. The lowest BCUT2D eigenvalue weighted by Gasteiger charge is -2.17. The molecule has 3 heteroatoms. The number of nitrogens with one attached hydrogen (secondary N) is 1. The molecule has 3 nitrogen and oxygen atoms in total. The number of benzene rings is 2. The number of ether oxygens (including phenoxy) is 1.